The number of rotatable bonds is 7. The summed E-state index contributed by atoms with van der Waals surface area (Å²) in [6.07, 6.45) is 5.88. The molecule has 1 heterocycles. The molecule has 1 fully saturated rings. The lowest BCUT2D eigenvalue weighted by atomic mass is 9.97. The van der Waals surface area contributed by atoms with Gasteiger partial charge in [0.05, 0.1) is 21.3 Å². The van der Waals surface area contributed by atoms with Gasteiger partial charge in [-0.1, -0.05) is 0 Å². The second-order valence-corrected chi connectivity index (χ2v) is 6.82. The lowest BCUT2D eigenvalue weighted by Crippen LogP contribution is -2.49. The fraction of sp³-hybridized carbons (Fsp3) is 0.524. The summed E-state index contributed by atoms with van der Waals surface area (Å²) in [6, 6.07) is 3.71. The molecule has 0 spiro atoms. The highest BCUT2D eigenvalue weighted by Crippen LogP contribution is 2.35. The number of hydrogen-bond acceptors (Lipinski definition) is 6. The molecule has 154 valence electrons. The van der Waals surface area contributed by atoms with E-state index in [1.165, 1.54) is 27.4 Å². The molecular weight excluding hydrogens is 362 g/mol. The van der Waals surface area contributed by atoms with Crippen LogP contribution in [0.15, 0.2) is 18.2 Å². The van der Waals surface area contributed by atoms with Crippen LogP contribution in [0.4, 0.5) is 0 Å². The largest absolute Gasteiger partial charge is 0.496 e. The van der Waals surface area contributed by atoms with E-state index >= 15 is 0 Å². The summed E-state index contributed by atoms with van der Waals surface area (Å²) < 4.78 is 21.0. The number of esters is 1. The zero-order valence-corrected chi connectivity index (χ0v) is 17.2. The van der Waals surface area contributed by atoms with Gasteiger partial charge in [0.1, 0.15) is 5.75 Å². The van der Waals surface area contributed by atoms with Crippen molar-refractivity contribution in [1.82, 2.24) is 4.90 Å². The van der Waals surface area contributed by atoms with E-state index in [1.54, 1.807) is 18.2 Å². The first kappa shape index (κ1) is 21.6. The average molecular weight is 391 g/mol. The van der Waals surface area contributed by atoms with Gasteiger partial charge in [-0.3, -0.25) is 4.79 Å². The van der Waals surface area contributed by atoms with Gasteiger partial charge in [-0.05, 0) is 45.3 Å². The van der Waals surface area contributed by atoms with Crippen molar-refractivity contribution >= 4 is 18.0 Å². The van der Waals surface area contributed by atoms with Gasteiger partial charge >= 0.3 is 5.97 Å². The van der Waals surface area contributed by atoms with Crippen molar-refractivity contribution in [1.29, 1.82) is 0 Å². The van der Waals surface area contributed by atoms with Crippen molar-refractivity contribution in [3.63, 3.8) is 0 Å². The fourth-order valence-electron chi connectivity index (χ4n) is 3.51. The van der Waals surface area contributed by atoms with Crippen molar-refractivity contribution in [2.75, 3.05) is 27.9 Å². The van der Waals surface area contributed by atoms with Gasteiger partial charge in [0, 0.05) is 29.8 Å². The molecule has 0 radical (unpaired) electrons. The van der Waals surface area contributed by atoms with E-state index in [2.05, 4.69) is 0 Å². The van der Waals surface area contributed by atoms with Crippen LogP contribution in [0.1, 0.15) is 38.7 Å². The minimum Gasteiger partial charge on any atom is -0.496 e. The van der Waals surface area contributed by atoms with E-state index in [9.17, 15) is 9.59 Å². The molecule has 0 saturated carbocycles. The third-order valence-corrected chi connectivity index (χ3v) is 4.95. The average Bonchev–Trinajstić information content (AvgIpc) is 2.69. The number of nitrogens with zero attached hydrogens (tertiary/aromatic N) is 1. The van der Waals surface area contributed by atoms with E-state index in [0.717, 1.165) is 19.3 Å². The number of piperidine rings is 1. The second kappa shape index (κ2) is 10.0. The van der Waals surface area contributed by atoms with Gasteiger partial charge in [0.15, 0.2) is 18.1 Å². The standard InChI is InChI=1S/C21H29NO6/c1-14-7-6-8-15(2)22(14)20(23)13-28-21(24)10-9-16-11-18(26-4)19(27-5)12-17(16)25-3/h9-12,14-15H,6-8,13H2,1-5H3/b10-9+/t14-,15-/m1/s1. The van der Waals surface area contributed by atoms with Crippen molar-refractivity contribution in [3.05, 3.63) is 23.8 Å². The smallest absolute Gasteiger partial charge is 0.331 e. The summed E-state index contributed by atoms with van der Waals surface area (Å²) in [5.41, 5.74) is 0.627. The zero-order valence-electron chi connectivity index (χ0n) is 17.2. The predicted molar refractivity (Wildman–Crippen MR) is 106 cm³/mol. The molecule has 0 unspecified atom stereocenters. The second-order valence-electron chi connectivity index (χ2n) is 6.82. The number of ether oxygens (including phenoxy) is 4. The van der Waals surface area contributed by atoms with Gasteiger partial charge < -0.3 is 23.8 Å². The van der Waals surface area contributed by atoms with Crippen molar-refractivity contribution in [2.45, 2.75) is 45.2 Å². The number of benzene rings is 1. The molecule has 7 heteroatoms. The Balaban J connectivity index is 2.01. The molecule has 1 aliphatic heterocycles. The maximum absolute atomic E-state index is 12.4. The molecule has 0 aromatic heterocycles. The Morgan fingerprint density at radius 3 is 2.14 bits per heavy atom. The van der Waals surface area contributed by atoms with Crippen LogP contribution in [0.2, 0.25) is 0 Å². The summed E-state index contributed by atoms with van der Waals surface area (Å²) >= 11 is 0. The van der Waals surface area contributed by atoms with Gasteiger partial charge in [-0.2, -0.15) is 0 Å². The predicted octanol–water partition coefficient (Wildman–Crippen LogP) is 3.06. The first-order chi connectivity index (χ1) is 13.4. The molecule has 0 N–H and O–H groups in total. The molecule has 2 atom stereocenters. The highest BCUT2D eigenvalue weighted by atomic mass is 16.5. The monoisotopic (exact) mass is 391 g/mol. The minimum atomic E-state index is -0.595. The molecule has 1 saturated heterocycles. The van der Waals surface area contributed by atoms with Gasteiger partial charge in [-0.15, -0.1) is 0 Å². The summed E-state index contributed by atoms with van der Waals surface area (Å²) in [5.74, 6) is 0.801. The van der Waals surface area contributed by atoms with Crippen molar-refractivity contribution < 1.29 is 28.5 Å². The van der Waals surface area contributed by atoms with Crippen LogP contribution in [0.5, 0.6) is 17.2 Å². The Labute approximate surface area is 166 Å². The number of methoxy groups -OCH3 is 3. The number of hydrogen-bond donors (Lipinski definition) is 0. The first-order valence-corrected chi connectivity index (χ1v) is 9.37. The van der Waals surface area contributed by atoms with Crippen LogP contribution in [0, 0.1) is 0 Å². The summed E-state index contributed by atoms with van der Waals surface area (Å²) in [4.78, 5) is 26.3. The summed E-state index contributed by atoms with van der Waals surface area (Å²) in [7, 11) is 4.59. The van der Waals surface area contributed by atoms with Gasteiger partial charge in [-0.25, -0.2) is 4.79 Å². The molecule has 2 rings (SSSR count). The van der Waals surface area contributed by atoms with Gasteiger partial charge in [0.2, 0.25) is 0 Å². The van der Waals surface area contributed by atoms with Crippen LogP contribution < -0.4 is 14.2 Å². The summed E-state index contributed by atoms with van der Waals surface area (Å²) in [5, 5.41) is 0. The Morgan fingerprint density at radius 2 is 1.57 bits per heavy atom. The van der Waals surface area contributed by atoms with E-state index in [-0.39, 0.29) is 24.6 Å². The molecule has 0 bridgehead atoms. The number of amides is 1. The Kier molecular flexibility index (Phi) is 7.72. The third-order valence-electron chi connectivity index (χ3n) is 4.95. The Hall–Kier alpha value is -2.70. The highest BCUT2D eigenvalue weighted by molar-refractivity contribution is 5.90. The number of carbonyl (C=O) groups is 2. The van der Waals surface area contributed by atoms with E-state index in [1.807, 2.05) is 18.7 Å². The molecule has 7 nitrogen and oxygen atoms in total. The Morgan fingerprint density at radius 1 is 1.00 bits per heavy atom. The van der Waals surface area contributed by atoms with Crippen LogP contribution >= 0.6 is 0 Å². The normalized spacial score (nSPS) is 19.4. The molecule has 1 aromatic rings. The molecule has 28 heavy (non-hydrogen) atoms. The lowest BCUT2D eigenvalue weighted by Gasteiger charge is -2.38. The highest BCUT2D eigenvalue weighted by Gasteiger charge is 2.29. The topological polar surface area (TPSA) is 74.3 Å². The number of likely N-dealkylation sites (tertiary alicyclic amines) is 1. The lowest BCUT2D eigenvalue weighted by molar-refractivity contribution is -0.151. The molecule has 1 amide bonds. The maximum atomic E-state index is 12.4. The first-order valence-electron chi connectivity index (χ1n) is 9.37. The summed E-state index contributed by atoms with van der Waals surface area (Å²) in [6.45, 7) is 3.79. The van der Waals surface area contributed by atoms with Crippen LogP contribution in [0.3, 0.4) is 0 Å². The minimum absolute atomic E-state index is 0.162. The fourth-order valence-corrected chi connectivity index (χ4v) is 3.51. The molecular formula is C21H29NO6. The number of carbonyl (C=O) groups excluding carboxylic acids is 2. The maximum Gasteiger partial charge on any atom is 0.331 e. The van der Waals surface area contributed by atoms with Crippen molar-refractivity contribution in [2.24, 2.45) is 0 Å². The van der Waals surface area contributed by atoms with Gasteiger partial charge in [0.25, 0.3) is 5.91 Å². The molecule has 1 aliphatic rings. The SMILES string of the molecule is COc1cc(OC)c(OC)cc1/C=C/C(=O)OCC(=O)N1[C@H](C)CCC[C@H]1C. The van der Waals surface area contributed by atoms with E-state index in [4.69, 9.17) is 18.9 Å². The third kappa shape index (κ3) is 5.18. The zero-order chi connectivity index (χ0) is 20.7. The molecule has 1 aromatic carbocycles. The van der Waals surface area contributed by atoms with E-state index in [0.29, 0.717) is 22.8 Å². The van der Waals surface area contributed by atoms with E-state index < -0.39 is 5.97 Å². The van der Waals surface area contributed by atoms with Crippen molar-refractivity contribution in [3.8, 4) is 17.2 Å². The van der Waals surface area contributed by atoms with Crippen LogP contribution in [-0.4, -0.2) is 56.8 Å². The Bertz CT molecular complexity index is 720. The van der Waals surface area contributed by atoms with Crippen LogP contribution in [0.25, 0.3) is 6.08 Å². The van der Waals surface area contributed by atoms with Crippen LogP contribution in [-0.2, 0) is 14.3 Å². The molecule has 0 aliphatic carbocycles. The quantitative estimate of drug-likeness (QED) is 0.525.